The highest BCUT2D eigenvalue weighted by molar-refractivity contribution is 7.80. The summed E-state index contributed by atoms with van der Waals surface area (Å²) in [5, 5.41) is 6.98. The fraction of sp³-hybridized carbons (Fsp3) is 0.333. The predicted molar refractivity (Wildman–Crippen MR) is 101 cm³/mol. The minimum atomic E-state index is 0.0645. The van der Waals surface area contributed by atoms with Gasteiger partial charge in [-0.3, -0.25) is 0 Å². The molecule has 2 rings (SSSR count). The largest absolute Gasteiger partial charge is 0.493 e. The number of rotatable bonds is 6. The monoisotopic (exact) mass is 345 g/mol. The normalized spacial score (nSPS) is 11.5. The Balaban J connectivity index is 2.09. The van der Waals surface area contributed by atoms with Gasteiger partial charge in [-0.2, -0.15) is 0 Å². The highest BCUT2D eigenvalue weighted by atomic mass is 32.1. The lowest BCUT2D eigenvalue weighted by Crippen LogP contribution is -2.32. The van der Waals surface area contributed by atoms with Crippen LogP contribution in [-0.4, -0.2) is 24.3 Å². The van der Waals surface area contributed by atoms with Gasteiger partial charge in [-0.1, -0.05) is 13.0 Å². The van der Waals surface area contributed by atoms with Crippen LogP contribution in [0, 0.1) is 6.92 Å². The van der Waals surface area contributed by atoms with Gasteiger partial charge in [-0.15, -0.1) is 0 Å². The fourth-order valence-corrected chi connectivity index (χ4v) is 2.65. The van der Waals surface area contributed by atoms with Crippen LogP contribution in [0.3, 0.4) is 0 Å². The molecule has 128 valence electrons. The minimum absolute atomic E-state index is 0.0645. The average Bonchev–Trinajstić information content (AvgIpc) is 2.59. The molecule has 0 aliphatic rings. The molecule has 5 nitrogen and oxygen atoms in total. The Morgan fingerprint density at radius 2 is 1.92 bits per heavy atom. The maximum absolute atomic E-state index is 5.41. The number of nitrogens with one attached hydrogen (secondary N) is 2. The van der Waals surface area contributed by atoms with E-state index in [9.17, 15) is 0 Å². The standard InChI is InChI=1S/C18H23N3O2S/c1-5-14(13-6-7-15(22-3)16(11-13)23-4)20-18(24)21-17-10-12(2)8-9-19-17/h6-11,14H,5H2,1-4H3,(H2,19,20,21,24)/t14-/m0/s1. The molecule has 1 atom stereocenters. The van der Waals surface area contributed by atoms with Crippen molar-refractivity contribution in [1.29, 1.82) is 0 Å². The van der Waals surface area contributed by atoms with Crippen LogP contribution in [0.2, 0.25) is 0 Å². The van der Waals surface area contributed by atoms with E-state index in [2.05, 4.69) is 22.5 Å². The Morgan fingerprint density at radius 1 is 1.17 bits per heavy atom. The Kier molecular flexibility index (Phi) is 6.37. The zero-order chi connectivity index (χ0) is 17.5. The smallest absolute Gasteiger partial charge is 0.172 e. The summed E-state index contributed by atoms with van der Waals surface area (Å²) in [7, 11) is 3.26. The van der Waals surface area contributed by atoms with Crippen LogP contribution in [0.15, 0.2) is 36.5 Å². The van der Waals surface area contributed by atoms with Crippen LogP contribution in [0.1, 0.15) is 30.5 Å². The third-order valence-corrected chi connectivity index (χ3v) is 3.90. The maximum atomic E-state index is 5.41. The summed E-state index contributed by atoms with van der Waals surface area (Å²) in [6, 6.07) is 9.83. The lowest BCUT2D eigenvalue weighted by molar-refractivity contribution is 0.354. The van der Waals surface area contributed by atoms with Gasteiger partial charge < -0.3 is 20.1 Å². The fourth-order valence-electron chi connectivity index (χ4n) is 2.41. The number of thiocarbonyl (C=S) groups is 1. The lowest BCUT2D eigenvalue weighted by atomic mass is 10.0. The third kappa shape index (κ3) is 4.58. The van der Waals surface area contributed by atoms with Gasteiger partial charge in [-0.25, -0.2) is 4.98 Å². The molecule has 2 N–H and O–H groups in total. The first-order valence-corrected chi connectivity index (χ1v) is 8.20. The molecule has 1 aromatic carbocycles. The van der Waals surface area contributed by atoms with E-state index in [0.29, 0.717) is 16.6 Å². The van der Waals surface area contributed by atoms with Crippen LogP contribution in [-0.2, 0) is 0 Å². The molecular weight excluding hydrogens is 322 g/mol. The van der Waals surface area contributed by atoms with Gasteiger partial charge in [0, 0.05) is 6.20 Å². The highest BCUT2D eigenvalue weighted by Gasteiger charge is 2.14. The molecule has 1 heterocycles. The van der Waals surface area contributed by atoms with Crippen molar-refractivity contribution in [2.75, 3.05) is 19.5 Å². The zero-order valence-corrected chi connectivity index (χ0v) is 15.2. The number of aromatic nitrogens is 1. The molecular formula is C18H23N3O2S. The Morgan fingerprint density at radius 3 is 2.54 bits per heavy atom. The van der Waals surface area contributed by atoms with Crippen molar-refractivity contribution < 1.29 is 9.47 Å². The molecule has 0 aliphatic heterocycles. The Bertz CT molecular complexity index is 706. The van der Waals surface area contributed by atoms with Gasteiger partial charge >= 0.3 is 0 Å². The topological polar surface area (TPSA) is 55.4 Å². The van der Waals surface area contributed by atoms with Gasteiger partial charge in [-0.05, 0) is 61.0 Å². The maximum Gasteiger partial charge on any atom is 0.172 e. The summed E-state index contributed by atoms with van der Waals surface area (Å²) < 4.78 is 10.7. The van der Waals surface area contributed by atoms with Crippen molar-refractivity contribution in [2.45, 2.75) is 26.3 Å². The summed E-state index contributed by atoms with van der Waals surface area (Å²) in [6.07, 6.45) is 2.63. The molecule has 0 amide bonds. The number of anilines is 1. The van der Waals surface area contributed by atoms with Crippen LogP contribution in [0.25, 0.3) is 0 Å². The number of hydrogen-bond acceptors (Lipinski definition) is 4. The number of hydrogen-bond donors (Lipinski definition) is 2. The van der Waals surface area contributed by atoms with Crippen LogP contribution in [0.4, 0.5) is 5.82 Å². The molecule has 2 aromatic rings. The molecule has 1 aromatic heterocycles. The Hall–Kier alpha value is -2.34. The lowest BCUT2D eigenvalue weighted by Gasteiger charge is -2.21. The molecule has 0 saturated carbocycles. The van der Waals surface area contributed by atoms with Gasteiger partial charge in [0.05, 0.1) is 20.3 Å². The van der Waals surface area contributed by atoms with E-state index in [1.807, 2.05) is 37.3 Å². The molecule has 6 heteroatoms. The van der Waals surface area contributed by atoms with Crippen molar-refractivity contribution in [2.24, 2.45) is 0 Å². The number of aryl methyl sites for hydroxylation is 1. The molecule has 0 aliphatic carbocycles. The molecule has 0 unspecified atom stereocenters. The van der Waals surface area contributed by atoms with E-state index in [0.717, 1.165) is 23.4 Å². The summed E-state index contributed by atoms with van der Waals surface area (Å²) >= 11 is 5.41. The summed E-state index contributed by atoms with van der Waals surface area (Å²) in [4.78, 5) is 4.26. The van der Waals surface area contributed by atoms with Crippen molar-refractivity contribution in [1.82, 2.24) is 10.3 Å². The first kappa shape index (κ1) is 18.0. The number of pyridine rings is 1. The molecule has 0 spiro atoms. The van der Waals surface area contributed by atoms with E-state index in [1.54, 1.807) is 20.4 Å². The van der Waals surface area contributed by atoms with Gasteiger partial charge in [0.2, 0.25) is 0 Å². The van der Waals surface area contributed by atoms with E-state index < -0.39 is 0 Å². The number of ether oxygens (including phenoxy) is 2. The quantitative estimate of drug-likeness (QED) is 0.776. The molecule has 0 radical (unpaired) electrons. The second kappa shape index (κ2) is 8.49. The first-order chi connectivity index (χ1) is 11.6. The van der Waals surface area contributed by atoms with Crippen molar-refractivity contribution in [3.63, 3.8) is 0 Å². The summed E-state index contributed by atoms with van der Waals surface area (Å²) in [6.45, 7) is 4.11. The van der Waals surface area contributed by atoms with E-state index >= 15 is 0 Å². The molecule has 0 fully saturated rings. The molecule has 0 bridgehead atoms. The van der Waals surface area contributed by atoms with Gasteiger partial charge in [0.1, 0.15) is 5.82 Å². The number of nitrogens with zero attached hydrogens (tertiary/aromatic N) is 1. The van der Waals surface area contributed by atoms with E-state index in [-0.39, 0.29) is 6.04 Å². The van der Waals surface area contributed by atoms with Crippen molar-refractivity contribution >= 4 is 23.1 Å². The zero-order valence-electron chi connectivity index (χ0n) is 14.4. The molecule has 0 saturated heterocycles. The highest BCUT2D eigenvalue weighted by Crippen LogP contribution is 2.30. The SMILES string of the molecule is CC[C@H](NC(=S)Nc1cc(C)ccn1)c1ccc(OC)c(OC)c1. The molecule has 24 heavy (non-hydrogen) atoms. The van der Waals surface area contributed by atoms with E-state index in [1.165, 1.54) is 0 Å². The first-order valence-electron chi connectivity index (χ1n) is 7.79. The van der Waals surface area contributed by atoms with Crippen LogP contribution < -0.4 is 20.1 Å². The van der Waals surface area contributed by atoms with Gasteiger partial charge in [0.15, 0.2) is 16.6 Å². The summed E-state index contributed by atoms with van der Waals surface area (Å²) in [5.41, 5.74) is 2.21. The predicted octanol–water partition coefficient (Wildman–Crippen LogP) is 3.84. The van der Waals surface area contributed by atoms with Gasteiger partial charge in [0.25, 0.3) is 0 Å². The van der Waals surface area contributed by atoms with Crippen LogP contribution >= 0.6 is 12.2 Å². The minimum Gasteiger partial charge on any atom is -0.493 e. The summed E-state index contributed by atoms with van der Waals surface area (Å²) in [5.74, 6) is 2.14. The second-order valence-corrected chi connectivity index (χ2v) is 5.80. The van der Waals surface area contributed by atoms with Crippen molar-refractivity contribution in [3.8, 4) is 11.5 Å². The number of benzene rings is 1. The van der Waals surface area contributed by atoms with Crippen LogP contribution in [0.5, 0.6) is 11.5 Å². The Labute approximate surface area is 148 Å². The second-order valence-electron chi connectivity index (χ2n) is 5.39. The average molecular weight is 345 g/mol. The van der Waals surface area contributed by atoms with Crippen molar-refractivity contribution in [3.05, 3.63) is 47.7 Å². The van der Waals surface area contributed by atoms with E-state index in [4.69, 9.17) is 21.7 Å². The third-order valence-electron chi connectivity index (χ3n) is 3.68. The number of methoxy groups -OCH3 is 2.